The van der Waals surface area contributed by atoms with Crippen LogP contribution in [0.4, 0.5) is 0 Å². The lowest BCUT2D eigenvalue weighted by Gasteiger charge is -2.26. The number of amides is 1. The van der Waals surface area contributed by atoms with Gasteiger partial charge in [-0.2, -0.15) is 5.10 Å². The van der Waals surface area contributed by atoms with Crippen LogP contribution in [0.2, 0.25) is 0 Å². The fourth-order valence-electron chi connectivity index (χ4n) is 2.92. The fourth-order valence-corrected chi connectivity index (χ4v) is 2.92. The lowest BCUT2D eigenvalue weighted by atomic mass is 10.1. The second kappa shape index (κ2) is 7.02. The van der Waals surface area contributed by atoms with E-state index < -0.39 is 0 Å². The maximum Gasteiger partial charge on any atom is 0.271 e. The smallest absolute Gasteiger partial charge is 0.271 e. The van der Waals surface area contributed by atoms with Gasteiger partial charge in [-0.05, 0) is 44.9 Å². The van der Waals surface area contributed by atoms with Gasteiger partial charge in [-0.3, -0.25) is 9.48 Å². The van der Waals surface area contributed by atoms with Gasteiger partial charge in [-0.15, -0.1) is 0 Å². The van der Waals surface area contributed by atoms with Crippen molar-refractivity contribution in [1.82, 2.24) is 15.1 Å². The van der Waals surface area contributed by atoms with Crippen LogP contribution in [0.5, 0.6) is 11.5 Å². The van der Waals surface area contributed by atoms with Gasteiger partial charge in [0, 0.05) is 5.69 Å². The quantitative estimate of drug-likeness (QED) is 0.911. The summed E-state index contributed by atoms with van der Waals surface area (Å²) in [5.41, 5.74) is 1.30. The molecule has 0 spiro atoms. The summed E-state index contributed by atoms with van der Waals surface area (Å²) in [6, 6.07) is 9.41. The molecule has 2 heterocycles. The van der Waals surface area contributed by atoms with Crippen LogP contribution in [0, 0.1) is 0 Å². The van der Waals surface area contributed by atoms with Gasteiger partial charge in [0.1, 0.15) is 18.4 Å². The topological polar surface area (TPSA) is 65.4 Å². The van der Waals surface area contributed by atoms with Gasteiger partial charge in [0.25, 0.3) is 5.91 Å². The summed E-state index contributed by atoms with van der Waals surface area (Å²) in [4.78, 5) is 12.6. The van der Waals surface area contributed by atoms with Crippen LogP contribution in [0.3, 0.4) is 0 Å². The van der Waals surface area contributed by atoms with Crippen LogP contribution >= 0.6 is 0 Å². The van der Waals surface area contributed by atoms with Crippen molar-refractivity contribution in [3.05, 3.63) is 41.7 Å². The van der Waals surface area contributed by atoms with Crippen molar-refractivity contribution in [3.8, 4) is 11.5 Å². The standard InChI is InChI=1S/C20H27N3O3/c1-13(2)16-10-15(22-23(16)20(3,4)5)19(24)21-11-14-12-25-17-8-6-7-9-18(17)26-14/h6-10,13-14H,11-12H2,1-5H3,(H,21,24). The number of carbonyl (C=O) groups is 1. The number of rotatable bonds is 4. The Balaban J connectivity index is 1.66. The maximum atomic E-state index is 12.6. The molecule has 6 nitrogen and oxygen atoms in total. The summed E-state index contributed by atoms with van der Waals surface area (Å²) >= 11 is 0. The van der Waals surface area contributed by atoms with E-state index in [9.17, 15) is 4.79 Å². The molecule has 0 radical (unpaired) electrons. The van der Waals surface area contributed by atoms with E-state index in [0.717, 1.165) is 11.4 Å². The first-order valence-electron chi connectivity index (χ1n) is 9.03. The number of nitrogens with one attached hydrogen (secondary N) is 1. The second-order valence-electron chi connectivity index (χ2n) is 7.90. The maximum absolute atomic E-state index is 12.6. The van der Waals surface area contributed by atoms with E-state index in [1.165, 1.54) is 0 Å². The molecule has 2 aromatic rings. The third kappa shape index (κ3) is 3.84. The Morgan fingerprint density at radius 3 is 2.62 bits per heavy atom. The lowest BCUT2D eigenvalue weighted by Crippen LogP contribution is -2.40. The number of ether oxygens (including phenoxy) is 2. The fraction of sp³-hybridized carbons (Fsp3) is 0.500. The number of para-hydroxylation sites is 2. The molecule has 1 aromatic carbocycles. The molecule has 0 saturated heterocycles. The number of fused-ring (bicyclic) bond motifs is 1. The molecule has 1 aromatic heterocycles. The molecule has 0 fully saturated rings. The van der Waals surface area contributed by atoms with E-state index in [0.29, 0.717) is 24.6 Å². The number of nitrogens with zero attached hydrogens (tertiary/aromatic N) is 2. The molecule has 1 amide bonds. The Morgan fingerprint density at radius 1 is 1.31 bits per heavy atom. The van der Waals surface area contributed by atoms with Gasteiger partial charge in [0.15, 0.2) is 11.5 Å². The van der Waals surface area contributed by atoms with Gasteiger partial charge in [-0.25, -0.2) is 0 Å². The second-order valence-corrected chi connectivity index (χ2v) is 7.90. The molecule has 0 saturated carbocycles. The van der Waals surface area contributed by atoms with Gasteiger partial charge in [0.2, 0.25) is 0 Å². The van der Waals surface area contributed by atoms with Gasteiger partial charge >= 0.3 is 0 Å². The minimum atomic E-state index is -0.219. The zero-order chi connectivity index (χ0) is 18.9. The van der Waals surface area contributed by atoms with Crippen LogP contribution in [0.25, 0.3) is 0 Å². The van der Waals surface area contributed by atoms with E-state index in [2.05, 4.69) is 45.0 Å². The molecule has 1 N–H and O–H groups in total. The van der Waals surface area contributed by atoms with Crippen LogP contribution in [0.1, 0.15) is 56.7 Å². The van der Waals surface area contributed by atoms with Crippen molar-refractivity contribution < 1.29 is 14.3 Å². The zero-order valence-corrected chi connectivity index (χ0v) is 16.1. The van der Waals surface area contributed by atoms with Gasteiger partial charge < -0.3 is 14.8 Å². The summed E-state index contributed by atoms with van der Waals surface area (Å²) in [5.74, 6) is 1.53. The molecule has 26 heavy (non-hydrogen) atoms. The first-order valence-corrected chi connectivity index (χ1v) is 9.03. The predicted molar refractivity (Wildman–Crippen MR) is 100.0 cm³/mol. The molecule has 1 atom stereocenters. The Bertz CT molecular complexity index is 790. The molecule has 6 heteroatoms. The molecule has 1 aliphatic rings. The normalized spacial score (nSPS) is 16.6. The van der Waals surface area contributed by atoms with Crippen LogP contribution < -0.4 is 14.8 Å². The zero-order valence-electron chi connectivity index (χ0n) is 16.1. The van der Waals surface area contributed by atoms with E-state index in [1.807, 2.05) is 35.0 Å². The Hall–Kier alpha value is -2.50. The highest BCUT2D eigenvalue weighted by atomic mass is 16.6. The average molecular weight is 357 g/mol. The van der Waals surface area contributed by atoms with E-state index in [-0.39, 0.29) is 23.5 Å². The SMILES string of the molecule is CC(C)c1cc(C(=O)NCC2COc3ccccc3O2)nn1C(C)(C)C. The minimum Gasteiger partial charge on any atom is -0.486 e. The van der Waals surface area contributed by atoms with E-state index in [4.69, 9.17) is 9.47 Å². The predicted octanol–water partition coefficient (Wildman–Crippen LogP) is 3.33. The Labute approximate surface area is 154 Å². The number of hydrogen-bond donors (Lipinski definition) is 1. The van der Waals surface area contributed by atoms with Crippen LogP contribution in [0.15, 0.2) is 30.3 Å². The third-order valence-corrected chi connectivity index (χ3v) is 4.25. The number of carbonyl (C=O) groups excluding carboxylic acids is 1. The Kier molecular flexibility index (Phi) is 4.94. The van der Waals surface area contributed by atoms with Crippen LogP contribution in [-0.4, -0.2) is 34.9 Å². The number of benzene rings is 1. The highest BCUT2D eigenvalue weighted by molar-refractivity contribution is 5.92. The van der Waals surface area contributed by atoms with Crippen molar-refractivity contribution in [2.24, 2.45) is 0 Å². The molecule has 3 rings (SSSR count). The molecule has 0 aliphatic carbocycles. The van der Waals surface area contributed by atoms with Crippen molar-refractivity contribution in [1.29, 1.82) is 0 Å². The molecule has 0 bridgehead atoms. The summed E-state index contributed by atoms with van der Waals surface area (Å²) in [6.45, 7) is 11.2. The Morgan fingerprint density at radius 2 is 2.00 bits per heavy atom. The molecular formula is C20H27N3O3. The largest absolute Gasteiger partial charge is 0.486 e. The highest BCUT2D eigenvalue weighted by Gasteiger charge is 2.25. The first-order chi connectivity index (χ1) is 12.3. The number of aromatic nitrogens is 2. The highest BCUT2D eigenvalue weighted by Crippen LogP contribution is 2.30. The monoisotopic (exact) mass is 357 g/mol. The molecule has 1 unspecified atom stereocenters. The molecule has 140 valence electrons. The summed E-state index contributed by atoms with van der Waals surface area (Å²) in [7, 11) is 0. The minimum absolute atomic E-state index is 0.178. The molecular weight excluding hydrogens is 330 g/mol. The van der Waals surface area contributed by atoms with Crippen molar-refractivity contribution >= 4 is 5.91 Å². The van der Waals surface area contributed by atoms with Crippen molar-refractivity contribution in [3.63, 3.8) is 0 Å². The molecule has 1 aliphatic heterocycles. The summed E-state index contributed by atoms with van der Waals surface area (Å²) < 4.78 is 13.5. The van der Waals surface area contributed by atoms with Crippen molar-refractivity contribution in [2.75, 3.05) is 13.2 Å². The van der Waals surface area contributed by atoms with Crippen LogP contribution in [-0.2, 0) is 5.54 Å². The third-order valence-electron chi connectivity index (χ3n) is 4.25. The average Bonchev–Trinajstić information content (AvgIpc) is 3.05. The summed E-state index contributed by atoms with van der Waals surface area (Å²) in [5, 5.41) is 7.45. The van der Waals surface area contributed by atoms with Crippen molar-refractivity contribution in [2.45, 2.75) is 52.2 Å². The lowest BCUT2D eigenvalue weighted by molar-refractivity contribution is 0.0785. The van der Waals surface area contributed by atoms with Gasteiger partial charge in [-0.1, -0.05) is 26.0 Å². The first kappa shape index (κ1) is 18.3. The summed E-state index contributed by atoms with van der Waals surface area (Å²) in [6.07, 6.45) is -0.219. The van der Waals surface area contributed by atoms with E-state index >= 15 is 0 Å². The van der Waals surface area contributed by atoms with Gasteiger partial charge in [0.05, 0.1) is 12.1 Å². The number of hydrogen-bond acceptors (Lipinski definition) is 4. The van der Waals surface area contributed by atoms with E-state index in [1.54, 1.807) is 0 Å².